The zero-order valence-corrected chi connectivity index (χ0v) is 10.8. The third-order valence-corrected chi connectivity index (χ3v) is 3.39. The Morgan fingerprint density at radius 3 is 2.72 bits per heavy atom. The monoisotopic (exact) mass is 246 g/mol. The van der Waals surface area contributed by atoms with Crippen LogP contribution in [0.15, 0.2) is 18.2 Å². The minimum Gasteiger partial charge on any atom is -0.399 e. The molecule has 0 spiro atoms. The van der Waals surface area contributed by atoms with Crippen molar-refractivity contribution in [1.82, 2.24) is 4.90 Å². The van der Waals surface area contributed by atoms with Crippen LogP contribution in [0.25, 0.3) is 0 Å². The van der Waals surface area contributed by atoms with Gasteiger partial charge in [-0.25, -0.2) is 0 Å². The molecule has 0 radical (unpaired) electrons. The van der Waals surface area contributed by atoms with Crippen molar-refractivity contribution < 1.29 is 9.59 Å². The molecule has 1 aliphatic heterocycles. The number of hydrogen-bond acceptors (Lipinski definition) is 3. The molecule has 96 valence electrons. The van der Waals surface area contributed by atoms with E-state index in [1.165, 1.54) is 4.90 Å². The van der Waals surface area contributed by atoms with E-state index < -0.39 is 0 Å². The highest BCUT2D eigenvalue weighted by molar-refractivity contribution is 6.11. The molecule has 0 fully saturated rings. The molecule has 4 nitrogen and oxygen atoms in total. The summed E-state index contributed by atoms with van der Waals surface area (Å²) in [6.07, 6.45) is 1.79. The van der Waals surface area contributed by atoms with Crippen LogP contribution in [0.4, 0.5) is 5.69 Å². The van der Waals surface area contributed by atoms with Gasteiger partial charge in [-0.2, -0.15) is 0 Å². The molecule has 2 rings (SSSR count). The number of amides is 2. The molecule has 1 aromatic rings. The second kappa shape index (κ2) is 4.80. The largest absolute Gasteiger partial charge is 0.399 e. The average Bonchev–Trinajstić information content (AvgIpc) is 2.36. The van der Waals surface area contributed by atoms with Gasteiger partial charge in [0.15, 0.2) is 0 Å². The lowest BCUT2D eigenvalue weighted by molar-refractivity contribution is -0.130. The predicted molar refractivity (Wildman–Crippen MR) is 70.2 cm³/mol. The summed E-state index contributed by atoms with van der Waals surface area (Å²) in [6, 6.07) is 5.18. The van der Waals surface area contributed by atoms with Crippen LogP contribution in [0.3, 0.4) is 0 Å². The van der Waals surface area contributed by atoms with E-state index in [4.69, 9.17) is 5.73 Å². The van der Waals surface area contributed by atoms with Gasteiger partial charge in [0, 0.05) is 17.8 Å². The Hall–Kier alpha value is -1.84. The number of imide groups is 1. The van der Waals surface area contributed by atoms with Crippen LogP contribution in [-0.4, -0.2) is 23.3 Å². The van der Waals surface area contributed by atoms with Crippen molar-refractivity contribution in [2.24, 2.45) is 0 Å². The molecule has 1 atom stereocenters. The summed E-state index contributed by atoms with van der Waals surface area (Å²) in [6.45, 7) is 4.36. The summed E-state index contributed by atoms with van der Waals surface area (Å²) in [7, 11) is 0. The quantitative estimate of drug-likeness (QED) is 0.656. The molecule has 4 heteroatoms. The molecular formula is C14H18N2O2. The Kier molecular flexibility index (Phi) is 3.36. The van der Waals surface area contributed by atoms with Gasteiger partial charge >= 0.3 is 0 Å². The second-order valence-electron chi connectivity index (χ2n) is 4.72. The van der Waals surface area contributed by atoms with E-state index in [2.05, 4.69) is 0 Å². The molecular weight excluding hydrogens is 228 g/mol. The van der Waals surface area contributed by atoms with Gasteiger partial charge in [0.05, 0.1) is 5.92 Å². The van der Waals surface area contributed by atoms with Gasteiger partial charge in [0.1, 0.15) is 0 Å². The van der Waals surface area contributed by atoms with Crippen molar-refractivity contribution in [3.05, 3.63) is 29.3 Å². The fraction of sp³-hybridized carbons (Fsp3) is 0.429. The molecule has 18 heavy (non-hydrogen) atoms. The van der Waals surface area contributed by atoms with Gasteiger partial charge in [-0.1, -0.05) is 19.4 Å². The van der Waals surface area contributed by atoms with Crippen LogP contribution in [0.2, 0.25) is 0 Å². The highest BCUT2D eigenvalue weighted by Crippen LogP contribution is 2.30. The molecule has 0 bridgehead atoms. The van der Waals surface area contributed by atoms with Crippen molar-refractivity contribution >= 4 is 17.5 Å². The first-order chi connectivity index (χ1) is 8.56. The SMILES string of the molecule is CCCCN1C(=O)c2cc(N)ccc2C(C)C1=O. The van der Waals surface area contributed by atoms with Crippen LogP contribution in [0.5, 0.6) is 0 Å². The lowest BCUT2D eigenvalue weighted by Gasteiger charge is -2.31. The lowest BCUT2D eigenvalue weighted by atomic mass is 9.89. The molecule has 0 aliphatic carbocycles. The van der Waals surface area contributed by atoms with Crippen molar-refractivity contribution in [3.63, 3.8) is 0 Å². The van der Waals surface area contributed by atoms with E-state index in [0.717, 1.165) is 18.4 Å². The summed E-state index contributed by atoms with van der Waals surface area (Å²) in [5.41, 5.74) is 7.62. The van der Waals surface area contributed by atoms with Crippen LogP contribution >= 0.6 is 0 Å². The number of nitrogens with two attached hydrogens (primary N) is 1. The standard InChI is InChI=1S/C14H18N2O2/c1-3-4-7-16-13(17)9(2)11-6-5-10(15)8-12(11)14(16)18/h5-6,8-9H,3-4,7,15H2,1-2H3. The van der Waals surface area contributed by atoms with Gasteiger partial charge in [0.25, 0.3) is 5.91 Å². The van der Waals surface area contributed by atoms with E-state index in [0.29, 0.717) is 17.8 Å². The van der Waals surface area contributed by atoms with Crippen LogP contribution in [-0.2, 0) is 4.79 Å². The molecule has 1 unspecified atom stereocenters. The highest BCUT2D eigenvalue weighted by atomic mass is 16.2. The van der Waals surface area contributed by atoms with Gasteiger partial charge in [0.2, 0.25) is 5.91 Å². The van der Waals surface area contributed by atoms with E-state index in [9.17, 15) is 9.59 Å². The molecule has 0 saturated heterocycles. The average molecular weight is 246 g/mol. The maximum absolute atomic E-state index is 12.3. The van der Waals surface area contributed by atoms with Crippen molar-refractivity contribution in [3.8, 4) is 0 Å². The minimum atomic E-state index is -0.268. The van der Waals surface area contributed by atoms with Crippen LogP contribution < -0.4 is 5.73 Å². The molecule has 2 N–H and O–H groups in total. The van der Waals surface area contributed by atoms with Crippen LogP contribution in [0.1, 0.15) is 48.5 Å². The first-order valence-corrected chi connectivity index (χ1v) is 6.31. The number of unbranched alkanes of at least 4 members (excludes halogenated alkanes) is 1. The third-order valence-electron chi connectivity index (χ3n) is 3.39. The Labute approximate surface area is 107 Å². The summed E-state index contributed by atoms with van der Waals surface area (Å²) in [4.78, 5) is 25.8. The predicted octanol–water partition coefficient (Wildman–Crippen LogP) is 2.15. The summed E-state index contributed by atoms with van der Waals surface area (Å²) < 4.78 is 0. The van der Waals surface area contributed by atoms with E-state index in [1.807, 2.05) is 13.8 Å². The van der Waals surface area contributed by atoms with Gasteiger partial charge < -0.3 is 5.73 Å². The van der Waals surface area contributed by atoms with Crippen molar-refractivity contribution in [1.29, 1.82) is 0 Å². The number of anilines is 1. The third kappa shape index (κ3) is 1.98. The van der Waals surface area contributed by atoms with Crippen molar-refractivity contribution in [2.75, 3.05) is 12.3 Å². The normalized spacial score (nSPS) is 19.0. The lowest BCUT2D eigenvalue weighted by Crippen LogP contribution is -2.44. The number of hydrogen-bond donors (Lipinski definition) is 1. The number of rotatable bonds is 3. The number of benzene rings is 1. The maximum Gasteiger partial charge on any atom is 0.260 e. The number of nitrogens with zero attached hydrogens (tertiary/aromatic N) is 1. The van der Waals surface area contributed by atoms with Crippen molar-refractivity contribution in [2.45, 2.75) is 32.6 Å². The summed E-state index contributed by atoms with van der Waals surface area (Å²) in [5.74, 6) is -0.588. The zero-order chi connectivity index (χ0) is 13.3. The number of carbonyl (C=O) groups excluding carboxylic acids is 2. The Morgan fingerprint density at radius 1 is 1.33 bits per heavy atom. The Bertz CT molecular complexity index is 497. The van der Waals surface area contributed by atoms with E-state index in [1.54, 1.807) is 18.2 Å². The molecule has 1 aliphatic rings. The molecule has 1 heterocycles. The topological polar surface area (TPSA) is 63.4 Å². The van der Waals surface area contributed by atoms with E-state index in [-0.39, 0.29) is 17.7 Å². The second-order valence-corrected chi connectivity index (χ2v) is 4.72. The fourth-order valence-electron chi connectivity index (χ4n) is 2.28. The zero-order valence-electron chi connectivity index (χ0n) is 10.8. The smallest absolute Gasteiger partial charge is 0.260 e. The van der Waals surface area contributed by atoms with Gasteiger partial charge in [-0.3, -0.25) is 14.5 Å². The number of fused-ring (bicyclic) bond motifs is 1. The molecule has 0 saturated carbocycles. The summed E-state index contributed by atoms with van der Waals surface area (Å²) in [5, 5.41) is 0. The molecule has 0 aromatic heterocycles. The fourth-order valence-corrected chi connectivity index (χ4v) is 2.28. The van der Waals surface area contributed by atoms with Crippen LogP contribution in [0, 0.1) is 0 Å². The first-order valence-electron chi connectivity index (χ1n) is 6.31. The maximum atomic E-state index is 12.3. The Balaban J connectivity index is 2.41. The summed E-state index contributed by atoms with van der Waals surface area (Å²) >= 11 is 0. The number of nitrogen functional groups attached to an aromatic ring is 1. The Morgan fingerprint density at radius 2 is 2.06 bits per heavy atom. The molecule has 1 aromatic carbocycles. The first kappa shape index (κ1) is 12.6. The van der Waals surface area contributed by atoms with Gasteiger partial charge in [-0.15, -0.1) is 0 Å². The highest BCUT2D eigenvalue weighted by Gasteiger charge is 2.35. The number of carbonyl (C=O) groups is 2. The molecule has 2 amide bonds. The van der Waals surface area contributed by atoms with Gasteiger partial charge in [-0.05, 0) is 31.0 Å². The van der Waals surface area contributed by atoms with E-state index >= 15 is 0 Å². The minimum absolute atomic E-state index is 0.106.